The molecule has 4 rings (SSSR count). The molecule has 1 unspecified atom stereocenters. The van der Waals surface area contributed by atoms with E-state index in [2.05, 4.69) is 30.4 Å². The summed E-state index contributed by atoms with van der Waals surface area (Å²) in [5, 5.41) is 5.30. The number of nitrogens with one attached hydrogen (secondary N) is 1. The Balaban J connectivity index is 1.43. The first kappa shape index (κ1) is 20.1. The fraction of sp³-hybridized carbons (Fsp3) is 0.308. The van der Waals surface area contributed by atoms with Gasteiger partial charge in [-0.2, -0.15) is 0 Å². The molecule has 1 aliphatic heterocycles. The number of benzene rings is 3. The van der Waals surface area contributed by atoms with Gasteiger partial charge in [-0.15, -0.1) is 0 Å². The Labute approximate surface area is 177 Å². The Morgan fingerprint density at radius 3 is 2.57 bits per heavy atom. The normalized spacial score (nSPS) is 16.5. The van der Waals surface area contributed by atoms with E-state index in [1.165, 1.54) is 11.8 Å². The zero-order valence-corrected chi connectivity index (χ0v) is 17.7. The van der Waals surface area contributed by atoms with Gasteiger partial charge in [0.05, 0.1) is 6.42 Å². The Morgan fingerprint density at radius 2 is 1.80 bits per heavy atom. The number of aryl methyl sites for hydroxylation is 1. The summed E-state index contributed by atoms with van der Waals surface area (Å²) in [5.74, 6) is 0.0245. The standard InChI is InChI=1S/C26H28N2O2/c1-18-15-23(26(30)28-14-6-5-7-19(28)2)12-13-24(18)27-25(29)17-20-10-11-21-8-3-4-9-22(21)16-20/h3-4,8-13,15-16,19H,5-7,14,17H2,1-2H3,(H,27,29). The van der Waals surface area contributed by atoms with Crippen LogP contribution in [0.1, 0.15) is 47.7 Å². The molecule has 1 saturated heterocycles. The molecule has 2 amide bonds. The summed E-state index contributed by atoms with van der Waals surface area (Å²) in [7, 11) is 0. The van der Waals surface area contributed by atoms with Gasteiger partial charge >= 0.3 is 0 Å². The molecule has 1 fully saturated rings. The highest BCUT2D eigenvalue weighted by molar-refractivity contribution is 5.97. The minimum atomic E-state index is -0.0582. The van der Waals surface area contributed by atoms with Crippen molar-refractivity contribution in [3.63, 3.8) is 0 Å². The van der Waals surface area contributed by atoms with Crippen LogP contribution in [0.3, 0.4) is 0 Å². The second-order valence-corrected chi connectivity index (χ2v) is 8.28. The summed E-state index contributed by atoms with van der Waals surface area (Å²) in [6.45, 7) is 4.87. The van der Waals surface area contributed by atoms with Crippen molar-refractivity contribution in [3.8, 4) is 0 Å². The highest BCUT2D eigenvalue weighted by atomic mass is 16.2. The monoisotopic (exact) mass is 400 g/mol. The minimum Gasteiger partial charge on any atom is -0.336 e. The first-order valence-electron chi connectivity index (χ1n) is 10.7. The zero-order valence-electron chi connectivity index (χ0n) is 17.7. The lowest BCUT2D eigenvalue weighted by atomic mass is 10.0. The van der Waals surface area contributed by atoms with Crippen LogP contribution in [0.2, 0.25) is 0 Å². The lowest BCUT2D eigenvalue weighted by Gasteiger charge is -2.33. The summed E-state index contributed by atoms with van der Waals surface area (Å²) in [6, 6.07) is 20.1. The molecule has 0 aliphatic carbocycles. The Kier molecular flexibility index (Phi) is 5.84. The number of anilines is 1. The van der Waals surface area contributed by atoms with E-state index in [0.717, 1.165) is 41.6 Å². The van der Waals surface area contributed by atoms with E-state index in [0.29, 0.717) is 12.0 Å². The number of amides is 2. The van der Waals surface area contributed by atoms with Crippen molar-refractivity contribution in [1.82, 2.24) is 4.90 Å². The van der Waals surface area contributed by atoms with Crippen molar-refractivity contribution in [2.75, 3.05) is 11.9 Å². The van der Waals surface area contributed by atoms with Crippen molar-refractivity contribution >= 4 is 28.3 Å². The summed E-state index contributed by atoms with van der Waals surface area (Å²) < 4.78 is 0. The lowest BCUT2D eigenvalue weighted by molar-refractivity contribution is -0.115. The number of fused-ring (bicyclic) bond motifs is 1. The van der Waals surface area contributed by atoms with E-state index in [-0.39, 0.29) is 17.9 Å². The highest BCUT2D eigenvalue weighted by Crippen LogP contribution is 2.23. The maximum absolute atomic E-state index is 12.9. The predicted octanol–water partition coefficient (Wildman–Crippen LogP) is 5.34. The van der Waals surface area contributed by atoms with Crippen LogP contribution in [0.5, 0.6) is 0 Å². The number of hydrogen-bond acceptors (Lipinski definition) is 2. The second-order valence-electron chi connectivity index (χ2n) is 8.28. The van der Waals surface area contributed by atoms with Crippen LogP contribution in [-0.2, 0) is 11.2 Å². The molecule has 1 heterocycles. The third kappa shape index (κ3) is 4.38. The second kappa shape index (κ2) is 8.70. The molecular formula is C26H28N2O2. The van der Waals surface area contributed by atoms with E-state index in [1.54, 1.807) is 0 Å². The maximum atomic E-state index is 12.9. The third-order valence-corrected chi connectivity index (χ3v) is 5.99. The van der Waals surface area contributed by atoms with Crippen molar-refractivity contribution in [2.45, 2.75) is 45.6 Å². The summed E-state index contributed by atoms with van der Waals surface area (Å²) in [5.41, 5.74) is 3.32. The van der Waals surface area contributed by atoms with Crippen molar-refractivity contribution in [1.29, 1.82) is 0 Å². The van der Waals surface area contributed by atoms with Gasteiger partial charge in [-0.3, -0.25) is 9.59 Å². The highest BCUT2D eigenvalue weighted by Gasteiger charge is 2.24. The fourth-order valence-electron chi connectivity index (χ4n) is 4.23. The van der Waals surface area contributed by atoms with Crippen LogP contribution in [-0.4, -0.2) is 29.3 Å². The molecule has 4 heteroatoms. The van der Waals surface area contributed by atoms with Gasteiger partial charge in [0, 0.05) is 23.8 Å². The van der Waals surface area contributed by atoms with Gasteiger partial charge in [0.1, 0.15) is 0 Å². The molecule has 0 saturated carbocycles. The van der Waals surface area contributed by atoms with Crippen LogP contribution in [0.25, 0.3) is 10.8 Å². The number of carbonyl (C=O) groups excluding carboxylic acids is 2. The molecule has 30 heavy (non-hydrogen) atoms. The van der Waals surface area contributed by atoms with Crippen molar-refractivity contribution < 1.29 is 9.59 Å². The number of likely N-dealkylation sites (tertiary alicyclic amines) is 1. The number of rotatable bonds is 4. The van der Waals surface area contributed by atoms with Crippen molar-refractivity contribution in [3.05, 3.63) is 77.4 Å². The number of carbonyl (C=O) groups is 2. The van der Waals surface area contributed by atoms with Gasteiger partial charge in [-0.05, 0) is 73.2 Å². The van der Waals surface area contributed by atoms with E-state index >= 15 is 0 Å². The number of hydrogen-bond donors (Lipinski definition) is 1. The smallest absolute Gasteiger partial charge is 0.254 e. The first-order chi connectivity index (χ1) is 14.5. The molecule has 0 aromatic heterocycles. The van der Waals surface area contributed by atoms with Gasteiger partial charge in [-0.1, -0.05) is 42.5 Å². The largest absolute Gasteiger partial charge is 0.336 e. The van der Waals surface area contributed by atoms with Gasteiger partial charge < -0.3 is 10.2 Å². The molecule has 0 bridgehead atoms. The minimum absolute atomic E-state index is 0.0582. The molecule has 1 aliphatic rings. The Bertz CT molecular complexity index is 1090. The van der Waals surface area contributed by atoms with Crippen molar-refractivity contribution in [2.24, 2.45) is 0 Å². The van der Waals surface area contributed by atoms with Gasteiger partial charge in [0.15, 0.2) is 0 Å². The molecule has 154 valence electrons. The molecule has 4 nitrogen and oxygen atoms in total. The Morgan fingerprint density at radius 1 is 1.00 bits per heavy atom. The van der Waals surface area contributed by atoms with Crippen LogP contribution in [0.4, 0.5) is 5.69 Å². The summed E-state index contributed by atoms with van der Waals surface area (Å²) >= 11 is 0. The summed E-state index contributed by atoms with van der Waals surface area (Å²) in [6.07, 6.45) is 3.63. The molecule has 1 atom stereocenters. The van der Waals surface area contributed by atoms with E-state index in [9.17, 15) is 9.59 Å². The van der Waals surface area contributed by atoms with Crippen LogP contribution in [0.15, 0.2) is 60.7 Å². The molecule has 0 radical (unpaired) electrons. The van der Waals surface area contributed by atoms with E-state index in [1.807, 2.05) is 54.3 Å². The summed E-state index contributed by atoms with van der Waals surface area (Å²) in [4.78, 5) is 27.4. The average Bonchev–Trinajstić information content (AvgIpc) is 2.75. The zero-order chi connectivity index (χ0) is 21.1. The maximum Gasteiger partial charge on any atom is 0.254 e. The fourth-order valence-corrected chi connectivity index (χ4v) is 4.23. The van der Waals surface area contributed by atoms with Gasteiger partial charge in [0.2, 0.25) is 5.91 Å². The third-order valence-electron chi connectivity index (χ3n) is 5.99. The lowest BCUT2D eigenvalue weighted by Crippen LogP contribution is -2.42. The number of piperidine rings is 1. The van der Waals surface area contributed by atoms with E-state index in [4.69, 9.17) is 0 Å². The Hall–Kier alpha value is -3.14. The van der Waals surface area contributed by atoms with Crippen LogP contribution >= 0.6 is 0 Å². The molecular weight excluding hydrogens is 372 g/mol. The molecule has 3 aromatic rings. The van der Waals surface area contributed by atoms with Crippen LogP contribution in [0, 0.1) is 6.92 Å². The molecule has 3 aromatic carbocycles. The average molecular weight is 401 g/mol. The molecule has 0 spiro atoms. The number of nitrogens with zero attached hydrogens (tertiary/aromatic N) is 1. The predicted molar refractivity (Wildman–Crippen MR) is 122 cm³/mol. The van der Waals surface area contributed by atoms with Crippen LogP contribution < -0.4 is 5.32 Å². The molecule has 1 N–H and O–H groups in total. The first-order valence-corrected chi connectivity index (χ1v) is 10.7. The quantitative estimate of drug-likeness (QED) is 0.642. The SMILES string of the molecule is Cc1cc(C(=O)N2CCCCC2C)ccc1NC(=O)Cc1ccc2ccccc2c1. The topological polar surface area (TPSA) is 49.4 Å². The van der Waals surface area contributed by atoms with E-state index < -0.39 is 0 Å². The van der Waals surface area contributed by atoms with Gasteiger partial charge in [-0.25, -0.2) is 0 Å². The van der Waals surface area contributed by atoms with Gasteiger partial charge in [0.25, 0.3) is 5.91 Å².